The number of aromatic nitrogens is 2. The molecule has 0 radical (unpaired) electrons. The van der Waals surface area contributed by atoms with Crippen LogP contribution in [0.1, 0.15) is 11.1 Å². The highest BCUT2D eigenvalue weighted by molar-refractivity contribution is 5.89. The second-order valence-corrected chi connectivity index (χ2v) is 7.53. The van der Waals surface area contributed by atoms with Crippen molar-refractivity contribution in [2.24, 2.45) is 7.05 Å². The molecule has 6 heteroatoms. The molecule has 1 aromatic heterocycles. The van der Waals surface area contributed by atoms with Crippen LogP contribution in [0.4, 0.5) is 16.3 Å². The number of hydrogen-bond donors (Lipinski definition) is 1. The van der Waals surface area contributed by atoms with Gasteiger partial charge in [-0.1, -0.05) is 42.5 Å². The van der Waals surface area contributed by atoms with Crippen LogP contribution in [0.15, 0.2) is 54.6 Å². The van der Waals surface area contributed by atoms with Crippen molar-refractivity contribution in [2.45, 2.75) is 13.8 Å². The van der Waals surface area contributed by atoms with E-state index in [0.717, 1.165) is 24.3 Å². The SMILES string of the molecule is Cc1cccc(N2CCN(C(=O)Nc3cc(-c4ccccc4)n(C)n3)CC2)c1C. The average Bonchev–Trinajstić information content (AvgIpc) is 3.11. The maximum Gasteiger partial charge on any atom is 0.323 e. The van der Waals surface area contributed by atoms with Crippen molar-refractivity contribution < 1.29 is 4.79 Å². The van der Waals surface area contributed by atoms with Crippen molar-refractivity contribution in [1.29, 1.82) is 0 Å². The van der Waals surface area contributed by atoms with E-state index in [1.54, 1.807) is 4.68 Å². The van der Waals surface area contributed by atoms with Gasteiger partial charge in [-0.25, -0.2) is 4.79 Å². The molecule has 1 fully saturated rings. The Morgan fingerprint density at radius 1 is 0.966 bits per heavy atom. The van der Waals surface area contributed by atoms with Crippen molar-refractivity contribution in [3.05, 3.63) is 65.7 Å². The summed E-state index contributed by atoms with van der Waals surface area (Å²) in [5, 5.41) is 7.41. The van der Waals surface area contributed by atoms with Crippen LogP contribution in [0.2, 0.25) is 0 Å². The molecule has 0 spiro atoms. The lowest BCUT2D eigenvalue weighted by Gasteiger charge is -2.36. The Labute approximate surface area is 171 Å². The molecule has 0 unspecified atom stereocenters. The maximum atomic E-state index is 12.7. The molecule has 0 bridgehead atoms. The monoisotopic (exact) mass is 389 g/mol. The largest absolute Gasteiger partial charge is 0.368 e. The van der Waals surface area contributed by atoms with Gasteiger partial charge in [-0.15, -0.1) is 0 Å². The number of aryl methyl sites for hydroxylation is 2. The lowest BCUT2D eigenvalue weighted by atomic mass is 10.1. The van der Waals surface area contributed by atoms with E-state index >= 15 is 0 Å². The average molecular weight is 390 g/mol. The van der Waals surface area contributed by atoms with Gasteiger partial charge in [-0.3, -0.25) is 10.00 Å². The number of anilines is 2. The molecule has 1 N–H and O–H groups in total. The number of nitrogens with one attached hydrogen (secondary N) is 1. The lowest BCUT2D eigenvalue weighted by molar-refractivity contribution is 0.208. The van der Waals surface area contributed by atoms with Crippen molar-refractivity contribution >= 4 is 17.5 Å². The number of piperazine rings is 1. The first kappa shape index (κ1) is 19.1. The van der Waals surface area contributed by atoms with Crippen LogP contribution in [-0.2, 0) is 7.05 Å². The molecule has 2 heterocycles. The van der Waals surface area contributed by atoms with Crippen molar-refractivity contribution in [2.75, 3.05) is 36.4 Å². The quantitative estimate of drug-likeness (QED) is 0.735. The molecular formula is C23H27N5O. The first-order valence-electron chi connectivity index (χ1n) is 9.99. The predicted octanol–water partition coefficient (Wildman–Crippen LogP) is 4.06. The number of amides is 2. The Kier molecular flexibility index (Phi) is 5.25. The molecule has 6 nitrogen and oxygen atoms in total. The minimum atomic E-state index is -0.0941. The maximum absolute atomic E-state index is 12.7. The van der Waals surface area contributed by atoms with Gasteiger partial charge >= 0.3 is 6.03 Å². The van der Waals surface area contributed by atoms with Crippen molar-refractivity contribution in [1.82, 2.24) is 14.7 Å². The minimum absolute atomic E-state index is 0.0941. The molecule has 4 rings (SSSR count). The molecule has 0 aliphatic carbocycles. The second-order valence-electron chi connectivity index (χ2n) is 7.53. The lowest BCUT2D eigenvalue weighted by Crippen LogP contribution is -2.50. The van der Waals surface area contributed by atoms with E-state index in [-0.39, 0.29) is 6.03 Å². The van der Waals surface area contributed by atoms with Gasteiger partial charge in [0, 0.05) is 45.0 Å². The minimum Gasteiger partial charge on any atom is -0.368 e. The van der Waals surface area contributed by atoms with Crippen LogP contribution < -0.4 is 10.2 Å². The first-order valence-corrected chi connectivity index (χ1v) is 9.99. The summed E-state index contributed by atoms with van der Waals surface area (Å²) in [5.74, 6) is 0.577. The van der Waals surface area contributed by atoms with E-state index in [4.69, 9.17) is 0 Å². The molecule has 29 heavy (non-hydrogen) atoms. The van der Waals surface area contributed by atoms with Gasteiger partial charge < -0.3 is 9.80 Å². The molecule has 1 saturated heterocycles. The normalized spacial score (nSPS) is 14.2. The van der Waals surface area contributed by atoms with Gasteiger partial charge in [-0.05, 0) is 36.6 Å². The van der Waals surface area contributed by atoms with E-state index in [1.165, 1.54) is 16.8 Å². The van der Waals surface area contributed by atoms with E-state index < -0.39 is 0 Å². The number of benzene rings is 2. The summed E-state index contributed by atoms with van der Waals surface area (Å²) in [6.07, 6.45) is 0. The van der Waals surface area contributed by atoms with Crippen molar-refractivity contribution in [3.63, 3.8) is 0 Å². The highest BCUT2D eigenvalue weighted by Crippen LogP contribution is 2.25. The Morgan fingerprint density at radius 2 is 1.69 bits per heavy atom. The molecule has 150 valence electrons. The Bertz CT molecular complexity index is 1000. The molecular weight excluding hydrogens is 362 g/mol. The zero-order chi connectivity index (χ0) is 20.4. The van der Waals surface area contributed by atoms with Gasteiger partial charge in [0.05, 0.1) is 5.69 Å². The summed E-state index contributed by atoms with van der Waals surface area (Å²) in [7, 11) is 1.89. The Hall–Kier alpha value is -3.28. The van der Waals surface area contributed by atoms with Crippen molar-refractivity contribution in [3.8, 4) is 11.3 Å². The zero-order valence-electron chi connectivity index (χ0n) is 17.2. The van der Waals surface area contributed by atoms with Crippen LogP contribution >= 0.6 is 0 Å². The highest BCUT2D eigenvalue weighted by Gasteiger charge is 2.23. The zero-order valence-corrected chi connectivity index (χ0v) is 17.2. The topological polar surface area (TPSA) is 53.4 Å². The molecule has 0 atom stereocenters. The third-order valence-electron chi connectivity index (χ3n) is 5.67. The number of carbonyl (C=O) groups is 1. The first-order chi connectivity index (χ1) is 14.0. The van der Waals surface area contributed by atoms with E-state index in [2.05, 4.69) is 47.4 Å². The number of nitrogens with zero attached hydrogens (tertiary/aromatic N) is 4. The fourth-order valence-corrected chi connectivity index (χ4v) is 3.82. The van der Waals surface area contributed by atoms with E-state index in [9.17, 15) is 4.79 Å². The third kappa shape index (κ3) is 3.97. The number of urea groups is 1. The Morgan fingerprint density at radius 3 is 2.41 bits per heavy atom. The molecule has 1 aliphatic rings. The smallest absolute Gasteiger partial charge is 0.323 e. The summed E-state index contributed by atoms with van der Waals surface area (Å²) in [6.45, 7) is 7.34. The van der Waals surface area contributed by atoms with E-state index in [0.29, 0.717) is 18.9 Å². The van der Waals surface area contributed by atoms with Gasteiger partial charge in [0.25, 0.3) is 0 Å². The third-order valence-corrected chi connectivity index (χ3v) is 5.67. The fourth-order valence-electron chi connectivity index (χ4n) is 3.82. The fraction of sp³-hybridized carbons (Fsp3) is 0.304. The van der Waals surface area contributed by atoms with Crippen LogP contribution in [0.25, 0.3) is 11.3 Å². The molecule has 2 amide bonds. The predicted molar refractivity (Wildman–Crippen MR) is 117 cm³/mol. The van der Waals surface area contributed by atoms with Gasteiger partial charge in [0.1, 0.15) is 0 Å². The highest BCUT2D eigenvalue weighted by atomic mass is 16.2. The van der Waals surface area contributed by atoms with Crippen LogP contribution in [-0.4, -0.2) is 46.9 Å². The van der Waals surface area contributed by atoms with Gasteiger partial charge in [0.15, 0.2) is 5.82 Å². The van der Waals surface area contributed by atoms with Crippen LogP contribution in [0.3, 0.4) is 0 Å². The van der Waals surface area contributed by atoms with Crippen LogP contribution in [0.5, 0.6) is 0 Å². The summed E-state index contributed by atoms with van der Waals surface area (Å²) in [4.78, 5) is 17.0. The summed E-state index contributed by atoms with van der Waals surface area (Å²) in [6, 6.07) is 18.3. The van der Waals surface area contributed by atoms with Gasteiger partial charge in [-0.2, -0.15) is 5.10 Å². The molecule has 3 aromatic rings. The number of carbonyl (C=O) groups excluding carboxylic acids is 1. The Balaban J connectivity index is 1.39. The second kappa shape index (κ2) is 7.99. The van der Waals surface area contributed by atoms with Gasteiger partial charge in [0.2, 0.25) is 0 Å². The standard InChI is InChI=1S/C23H27N5O/c1-17-8-7-11-20(18(17)2)27-12-14-28(15-13-27)23(29)24-22-16-21(26(3)25-22)19-9-5-4-6-10-19/h4-11,16H,12-15H2,1-3H3,(H,24,25,29). The number of rotatable bonds is 3. The molecule has 0 saturated carbocycles. The number of hydrogen-bond acceptors (Lipinski definition) is 3. The molecule has 1 aliphatic heterocycles. The van der Waals surface area contributed by atoms with E-state index in [1.807, 2.05) is 48.3 Å². The molecule has 2 aromatic carbocycles. The summed E-state index contributed by atoms with van der Waals surface area (Å²) < 4.78 is 1.80. The summed E-state index contributed by atoms with van der Waals surface area (Å²) >= 11 is 0. The summed E-state index contributed by atoms with van der Waals surface area (Å²) in [5.41, 5.74) is 5.92. The van der Waals surface area contributed by atoms with Crippen LogP contribution in [0, 0.1) is 13.8 Å².